The number of nitrogens with zero attached hydrogens (tertiary/aromatic N) is 1. The van der Waals surface area contributed by atoms with Crippen molar-refractivity contribution < 1.29 is 23.9 Å². The zero-order valence-electron chi connectivity index (χ0n) is 9.82. The summed E-state index contributed by atoms with van der Waals surface area (Å²) < 4.78 is 5.62. The van der Waals surface area contributed by atoms with E-state index < -0.39 is 12.1 Å². The Kier molecular flexibility index (Phi) is 5.28. The number of quaternary nitrogens is 1. The molecule has 15 heavy (non-hydrogen) atoms. The fourth-order valence-electron chi connectivity index (χ4n) is 1.22. The van der Waals surface area contributed by atoms with E-state index >= 15 is 0 Å². The molecule has 0 spiro atoms. The lowest BCUT2D eigenvalue weighted by molar-refractivity contribution is -0.873. The van der Waals surface area contributed by atoms with Gasteiger partial charge in [0.2, 0.25) is 0 Å². The number of ether oxygens (including phenoxy) is 1. The first-order valence-electron chi connectivity index (χ1n) is 4.96. The second-order valence-corrected chi connectivity index (χ2v) is 4.54. The van der Waals surface area contributed by atoms with Gasteiger partial charge in [-0.2, -0.15) is 0 Å². The second kappa shape index (κ2) is 5.70. The van der Waals surface area contributed by atoms with Gasteiger partial charge in [0.15, 0.2) is 6.10 Å². The summed E-state index contributed by atoms with van der Waals surface area (Å²) in [7, 11) is 5.78. The molecule has 0 bridgehead atoms. The van der Waals surface area contributed by atoms with Crippen LogP contribution in [0.25, 0.3) is 0 Å². The number of carbonyl (C=O) groups is 2. The third-order valence-electron chi connectivity index (χ3n) is 1.74. The van der Waals surface area contributed by atoms with Gasteiger partial charge in [-0.15, -0.1) is 0 Å². The maximum atomic E-state index is 11.1. The molecule has 0 saturated carbocycles. The fourth-order valence-corrected chi connectivity index (χ4v) is 1.22. The van der Waals surface area contributed by atoms with Crippen molar-refractivity contribution in [3.05, 3.63) is 0 Å². The lowest BCUT2D eigenvalue weighted by atomic mass is 10.2. The third-order valence-corrected chi connectivity index (χ3v) is 1.74. The lowest BCUT2D eigenvalue weighted by Crippen LogP contribution is -2.43. The highest BCUT2D eigenvalue weighted by atomic mass is 16.5. The molecule has 0 aliphatic heterocycles. The van der Waals surface area contributed by atoms with Crippen molar-refractivity contribution >= 4 is 11.9 Å². The van der Waals surface area contributed by atoms with E-state index in [2.05, 4.69) is 0 Å². The normalized spacial score (nSPS) is 13.3. The van der Waals surface area contributed by atoms with E-state index in [0.29, 0.717) is 11.0 Å². The summed E-state index contributed by atoms with van der Waals surface area (Å²) >= 11 is 0. The minimum Gasteiger partial charge on any atom is -0.481 e. The Balaban J connectivity index is 4.31. The summed E-state index contributed by atoms with van der Waals surface area (Å²) in [5.41, 5.74) is 0. The summed E-state index contributed by atoms with van der Waals surface area (Å²) in [6.45, 7) is 2.18. The van der Waals surface area contributed by atoms with Crippen molar-refractivity contribution in [1.82, 2.24) is 0 Å². The monoisotopic (exact) mass is 218 g/mol. The molecule has 1 atom stereocenters. The first kappa shape index (κ1) is 13.9. The second-order valence-electron chi connectivity index (χ2n) is 4.54. The fraction of sp³-hybridized carbons (Fsp3) is 0.800. The van der Waals surface area contributed by atoms with Crippen LogP contribution >= 0.6 is 0 Å². The third kappa shape index (κ3) is 7.93. The van der Waals surface area contributed by atoms with Crippen LogP contribution in [0.5, 0.6) is 0 Å². The van der Waals surface area contributed by atoms with Gasteiger partial charge in [-0.3, -0.25) is 9.59 Å². The van der Waals surface area contributed by atoms with Crippen LogP contribution in [0.4, 0.5) is 0 Å². The van der Waals surface area contributed by atoms with Crippen LogP contribution in [0.1, 0.15) is 19.8 Å². The van der Waals surface area contributed by atoms with Gasteiger partial charge in [0.25, 0.3) is 0 Å². The van der Waals surface area contributed by atoms with Crippen LogP contribution in [0.3, 0.4) is 0 Å². The smallest absolute Gasteiger partial charge is 0.307 e. The molecule has 5 heteroatoms. The standard InChI is InChI=1S/C10H19NO4/c1-5-10(14)15-8(6-9(12)13)7-11(2,3)4/h8H,5-7H2,1-4H3/p+1. The largest absolute Gasteiger partial charge is 0.481 e. The summed E-state index contributed by atoms with van der Waals surface area (Å²) in [4.78, 5) is 21.6. The molecule has 0 heterocycles. The number of esters is 1. The van der Waals surface area contributed by atoms with Gasteiger partial charge in [-0.1, -0.05) is 6.92 Å². The minimum absolute atomic E-state index is 0.138. The van der Waals surface area contributed by atoms with E-state index in [9.17, 15) is 9.59 Å². The number of carboxylic acid groups (broad SMARTS) is 1. The molecule has 1 N–H and O–H groups in total. The lowest BCUT2D eigenvalue weighted by Gasteiger charge is -2.28. The van der Waals surface area contributed by atoms with Crippen molar-refractivity contribution in [3.8, 4) is 0 Å². The molecule has 0 aliphatic rings. The maximum Gasteiger partial charge on any atom is 0.307 e. The number of carboxylic acids is 1. The van der Waals surface area contributed by atoms with E-state index in [1.807, 2.05) is 21.1 Å². The molecule has 5 nitrogen and oxygen atoms in total. The molecule has 0 rings (SSSR count). The Morgan fingerprint density at radius 1 is 1.33 bits per heavy atom. The molecular formula is C10H20NO4+. The number of rotatable bonds is 6. The minimum atomic E-state index is -0.947. The number of likely N-dealkylation sites (N-methyl/N-ethyl adjacent to an activating group) is 1. The Hall–Kier alpha value is -1.10. The number of carbonyl (C=O) groups excluding carboxylic acids is 1. The molecule has 88 valence electrons. The van der Waals surface area contributed by atoms with Crippen molar-refractivity contribution in [2.75, 3.05) is 27.7 Å². The molecule has 0 radical (unpaired) electrons. The quantitative estimate of drug-likeness (QED) is 0.520. The SMILES string of the molecule is CCC(=O)OC(CC(=O)O)C[N+](C)(C)C. The number of hydrogen-bond donors (Lipinski definition) is 1. The Labute approximate surface area is 90.2 Å². The molecular weight excluding hydrogens is 198 g/mol. The van der Waals surface area contributed by atoms with Crippen LogP contribution < -0.4 is 0 Å². The van der Waals surface area contributed by atoms with Gasteiger partial charge >= 0.3 is 11.9 Å². The van der Waals surface area contributed by atoms with Crippen LogP contribution in [0.15, 0.2) is 0 Å². The Bertz CT molecular complexity index is 232. The number of aliphatic carboxylic acids is 1. The van der Waals surface area contributed by atoms with Crippen molar-refractivity contribution in [2.24, 2.45) is 0 Å². The highest BCUT2D eigenvalue weighted by Gasteiger charge is 2.23. The van der Waals surface area contributed by atoms with Crippen LogP contribution in [0.2, 0.25) is 0 Å². The average Bonchev–Trinajstić information content (AvgIpc) is 1.99. The summed E-state index contributed by atoms with van der Waals surface area (Å²) in [6.07, 6.45) is -0.413. The summed E-state index contributed by atoms with van der Waals surface area (Å²) in [5.74, 6) is -1.30. The molecule has 0 saturated heterocycles. The first-order chi connectivity index (χ1) is 6.74. The van der Waals surface area contributed by atoms with Crippen molar-refractivity contribution in [3.63, 3.8) is 0 Å². The van der Waals surface area contributed by atoms with Gasteiger partial charge in [0.1, 0.15) is 6.54 Å². The van der Waals surface area contributed by atoms with Crippen molar-refractivity contribution in [2.45, 2.75) is 25.9 Å². The van der Waals surface area contributed by atoms with Gasteiger partial charge in [-0.05, 0) is 0 Å². The molecule has 1 unspecified atom stereocenters. The zero-order valence-corrected chi connectivity index (χ0v) is 9.82. The van der Waals surface area contributed by atoms with Gasteiger partial charge in [0, 0.05) is 6.42 Å². The predicted molar refractivity (Wildman–Crippen MR) is 55.3 cm³/mol. The average molecular weight is 218 g/mol. The van der Waals surface area contributed by atoms with E-state index in [4.69, 9.17) is 9.84 Å². The van der Waals surface area contributed by atoms with Gasteiger partial charge in [0.05, 0.1) is 27.6 Å². The molecule has 0 aromatic heterocycles. The van der Waals surface area contributed by atoms with E-state index in [1.54, 1.807) is 6.92 Å². The molecule has 0 aromatic rings. The molecule has 0 aromatic carbocycles. The van der Waals surface area contributed by atoms with Gasteiger partial charge < -0.3 is 14.3 Å². The molecule has 0 aliphatic carbocycles. The molecule has 0 amide bonds. The highest BCUT2D eigenvalue weighted by Crippen LogP contribution is 2.06. The van der Waals surface area contributed by atoms with E-state index in [-0.39, 0.29) is 18.8 Å². The van der Waals surface area contributed by atoms with Crippen LogP contribution in [0, 0.1) is 0 Å². The predicted octanol–water partition coefficient (Wildman–Crippen LogP) is 0.489. The Morgan fingerprint density at radius 3 is 2.20 bits per heavy atom. The molecule has 0 fully saturated rings. The Morgan fingerprint density at radius 2 is 1.87 bits per heavy atom. The summed E-state index contributed by atoms with van der Waals surface area (Å²) in [6, 6.07) is 0. The first-order valence-corrected chi connectivity index (χ1v) is 4.96. The summed E-state index contributed by atoms with van der Waals surface area (Å²) in [5, 5.41) is 8.67. The van der Waals surface area contributed by atoms with Crippen LogP contribution in [-0.2, 0) is 14.3 Å². The van der Waals surface area contributed by atoms with Gasteiger partial charge in [-0.25, -0.2) is 0 Å². The highest BCUT2D eigenvalue weighted by molar-refractivity contribution is 5.71. The maximum absolute atomic E-state index is 11.1. The van der Waals surface area contributed by atoms with E-state index in [1.165, 1.54) is 0 Å². The van der Waals surface area contributed by atoms with Crippen molar-refractivity contribution in [1.29, 1.82) is 0 Å². The van der Waals surface area contributed by atoms with E-state index in [0.717, 1.165) is 0 Å². The van der Waals surface area contributed by atoms with Crippen LogP contribution in [-0.4, -0.2) is 55.3 Å². The topological polar surface area (TPSA) is 63.6 Å². The zero-order chi connectivity index (χ0) is 12.1. The number of hydrogen-bond acceptors (Lipinski definition) is 3.